The van der Waals surface area contributed by atoms with Crippen molar-refractivity contribution in [2.75, 3.05) is 6.61 Å². The van der Waals surface area contributed by atoms with E-state index in [4.69, 9.17) is 10.3 Å². The number of hydrogen-bond acceptors (Lipinski definition) is 6. The van der Waals surface area contributed by atoms with Crippen LogP contribution in [-0.4, -0.2) is 26.9 Å². The summed E-state index contributed by atoms with van der Waals surface area (Å²) in [7, 11) is 0. The Morgan fingerprint density at radius 3 is 3.00 bits per heavy atom. The van der Waals surface area contributed by atoms with Gasteiger partial charge in [-0.1, -0.05) is 5.11 Å². The van der Waals surface area contributed by atoms with E-state index in [-0.39, 0.29) is 29.5 Å². The number of pyridine rings is 1. The number of ether oxygens (including phenoxy) is 1. The molecular formula is C13H12N6O4. The van der Waals surface area contributed by atoms with Crippen molar-refractivity contribution >= 4 is 23.5 Å². The van der Waals surface area contributed by atoms with Crippen LogP contribution >= 0.6 is 0 Å². The van der Waals surface area contributed by atoms with Crippen LogP contribution in [0.3, 0.4) is 0 Å². The van der Waals surface area contributed by atoms with Crippen molar-refractivity contribution in [1.29, 1.82) is 0 Å². The molecule has 0 aliphatic heterocycles. The molecule has 2 aromatic heterocycles. The zero-order valence-corrected chi connectivity index (χ0v) is 12.3. The second-order valence-electron chi connectivity index (χ2n) is 4.37. The number of aromatic nitrogens is 2. The monoisotopic (exact) mass is 316 g/mol. The van der Waals surface area contributed by atoms with Gasteiger partial charge in [-0.25, -0.2) is 9.78 Å². The molecule has 0 unspecified atom stereocenters. The predicted octanol–water partition coefficient (Wildman–Crippen LogP) is 2.77. The van der Waals surface area contributed by atoms with E-state index >= 15 is 0 Å². The van der Waals surface area contributed by atoms with Crippen molar-refractivity contribution in [1.82, 2.24) is 9.38 Å². The molecule has 0 bridgehead atoms. The number of fused-ring (bicyclic) bond motifs is 1. The molecule has 2 rings (SSSR count). The highest BCUT2D eigenvalue weighted by Gasteiger charge is 2.21. The number of nitrogens with zero attached hydrogens (tertiary/aromatic N) is 6. The van der Waals surface area contributed by atoms with Crippen LogP contribution in [0.5, 0.6) is 0 Å². The summed E-state index contributed by atoms with van der Waals surface area (Å²) in [5.41, 5.74) is 9.20. The third-order valence-electron chi connectivity index (χ3n) is 2.92. The third-order valence-corrected chi connectivity index (χ3v) is 2.92. The molecule has 0 radical (unpaired) electrons. The van der Waals surface area contributed by atoms with Gasteiger partial charge in [-0.2, -0.15) is 4.40 Å². The van der Waals surface area contributed by atoms with Gasteiger partial charge >= 0.3 is 11.8 Å². The lowest BCUT2D eigenvalue weighted by Gasteiger charge is -2.01. The first-order chi connectivity index (χ1) is 11.0. The molecule has 2 heterocycles. The fourth-order valence-electron chi connectivity index (χ4n) is 2.05. The largest absolute Gasteiger partial charge is 0.462 e. The Labute approximate surface area is 129 Å². The molecule has 0 saturated carbocycles. The fraction of sp³-hybridized carbons (Fsp3) is 0.231. The number of azide groups is 1. The molecule has 2 aromatic rings. The Hall–Kier alpha value is -3.39. The highest BCUT2D eigenvalue weighted by atomic mass is 16.6. The van der Waals surface area contributed by atoms with E-state index in [1.54, 1.807) is 19.1 Å². The van der Waals surface area contributed by atoms with Crippen LogP contribution in [0, 0.1) is 17.0 Å². The molecule has 0 N–H and O–H groups in total. The number of aryl methyl sites for hydroxylation is 1. The number of carbonyl (C=O) groups is 1. The average molecular weight is 316 g/mol. The summed E-state index contributed by atoms with van der Waals surface area (Å²) in [6.45, 7) is 3.25. The molecular weight excluding hydrogens is 304 g/mol. The second kappa shape index (κ2) is 6.58. The van der Waals surface area contributed by atoms with Gasteiger partial charge in [0.05, 0.1) is 12.8 Å². The van der Waals surface area contributed by atoms with Crippen LogP contribution in [0.4, 0.5) is 5.82 Å². The molecule has 10 nitrogen and oxygen atoms in total. The number of esters is 1. The standard InChI is InChI=1S/C13H12N6O4/c1-3-23-13(20)10(16-17-14)7-9-5-4-6-18-11(9)15-8(2)12(18)19(21)22/h4-7H,3H2,1-2H3/b10-7-. The van der Waals surface area contributed by atoms with E-state index < -0.39 is 10.9 Å². The van der Waals surface area contributed by atoms with Crippen molar-refractivity contribution in [2.24, 2.45) is 5.11 Å². The Kier molecular flexibility index (Phi) is 4.58. The second-order valence-corrected chi connectivity index (χ2v) is 4.37. The van der Waals surface area contributed by atoms with E-state index in [0.717, 1.165) is 0 Å². The number of carbonyl (C=O) groups excluding carboxylic acids is 1. The molecule has 0 aliphatic rings. The van der Waals surface area contributed by atoms with Crippen molar-refractivity contribution in [3.63, 3.8) is 0 Å². The van der Waals surface area contributed by atoms with Gasteiger partial charge in [0.1, 0.15) is 11.4 Å². The van der Waals surface area contributed by atoms with Gasteiger partial charge < -0.3 is 14.9 Å². The van der Waals surface area contributed by atoms with Gasteiger partial charge in [-0.05, 0) is 42.5 Å². The highest BCUT2D eigenvalue weighted by Crippen LogP contribution is 2.23. The first-order valence-electron chi connectivity index (χ1n) is 6.55. The molecule has 0 fully saturated rings. The molecule has 0 spiro atoms. The van der Waals surface area contributed by atoms with E-state index in [1.807, 2.05) is 0 Å². The number of imidazole rings is 1. The highest BCUT2D eigenvalue weighted by molar-refractivity contribution is 5.94. The lowest BCUT2D eigenvalue weighted by Crippen LogP contribution is -2.05. The van der Waals surface area contributed by atoms with E-state index in [0.29, 0.717) is 5.56 Å². The zero-order valence-electron chi connectivity index (χ0n) is 12.3. The van der Waals surface area contributed by atoms with Gasteiger partial charge in [-0.15, -0.1) is 0 Å². The first-order valence-corrected chi connectivity index (χ1v) is 6.55. The molecule has 10 heteroatoms. The maximum Gasteiger partial charge on any atom is 0.350 e. The molecule has 0 aromatic carbocycles. The van der Waals surface area contributed by atoms with Crippen LogP contribution in [0.1, 0.15) is 18.2 Å². The smallest absolute Gasteiger partial charge is 0.350 e. The summed E-state index contributed by atoms with van der Waals surface area (Å²) in [4.78, 5) is 29.1. The summed E-state index contributed by atoms with van der Waals surface area (Å²) in [5, 5.41) is 14.4. The van der Waals surface area contributed by atoms with Crippen LogP contribution in [0.2, 0.25) is 0 Å². The van der Waals surface area contributed by atoms with Crippen LogP contribution in [0.15, 0.2) is 29.1 Å². The summed E-state index contributed by atoms with van der Waals surface area (Å²) < 4.78 is 6.09. The lowest BCUT2D eigenvalue weighted by atomic mass is 10.2. The maximum absolute atomic E-state index is 11.8. The minimum atomic E-state index is -0.787. The lowest BCUT2D eigenvalue weighted by molar-refractivity contribution is -0.390. The van der Waals surface area contributed by atoms with E-state index in [2.05, 4.69) is 15.0 Å². The third kappa shape index (κ3) is 3.11. The summed E-state index contributed by atoms with van der Waals surface area (Å²) in [6, 6.07) is 3.16. The SMILES string of the molecule is CCOC(=O)/C(=C/c1cccn2c([N+](=O)[O-])c(C)nc12)N=[N+]=[N-]. The Morgan fingerprint density at radius 1 is 1.65 bits per heavy atom. The van der Waals surface area contributed by atoms with E-state index in [1.165, 1.54) is 23.6 Å². The molecule has 118 valence electrons. The summed E-state index contributed by atoms with van der Waals surface area (Å²) in [5.74, 6) is -0.957. The average Bonchev–Trinajstić information content (AvgIpc) is 2.84. The molecule has 0 amide bonds. The Morgan fingerprint density at radius 2 is 2.39 bits per heavy atom. The quantitative estimate of drug-likeness (QED) is 0.159. The van der Waals surface area contributed by atoms with Crippen molar-refractivity contribution in [3.05, 3.63) is 55.8 Å². The first kappa shape index (κ1) is 16.0. The van der Waals surface area contributed by atoms with Crippen molar-refractivity contribution in [3.8, 4) is 0 Å². The molecule has 0 aliphatic carbocycles. The van der Waals surface area contributed by atoms with Gasteiger partial charge in [0.2, 0.25) is 5.65 Å². The minimum Gasteiger partial charge on any atom is -0.462 e. The summed E-state index contributed by atoms with van der Waals surface area (Å²) in [6.07, 6.45) is 2.77. The van der Waals surface area contributed by atoms with Crippen molar-refractivity contribution < 1.29 is 14.5 Å². The number of rotatable bonds is 5. The molecule has 0 saturated heterocycles. The Bertz CT molecular complexity index is 863. The Balaban J connectivity index is 2.65. The van der Waals surface area contributed by atoms with Crippen LogP contribution in [-0.2, 0) is 9.53 Å². The van der Waals surface area contributed by atoms with Gasteiger partial charge in [0.15, 0.2) is 0 Å². The number of nitro groups is 1. The fourth-order valence-corrected chi connectivity index (χ4v) is 2.05. The minimum absolute atomic E-state index is 0.120. The van der Waals surface area contributed by atoms with Crippen molar-refractivity contribution in [2.45, 2.75) is 13.8 Å². The molecule has 23 heavy (non-hydrogen) atoms. The van der Waals surface area contributed by atoms with Crippen LogP contribution < -0.4 is 0 Å². The topological polar surface area (TPSA) is 136 Å². The van der Waals surface area contributed by atoms with Gasteiger partial charge in [0, 0.05) is 10.5 Å². The van der Waals surface area contributed by atoms with Crippen LogP contribution in [0.25, 0.3) is 22.2 Å². The number of hydrogen-bond donors (Lipinski definition) is 0. The summed E-state index contributed by atoms with van der Waals surface area (Å²) >= 11 is 0. The maximum atomic E-state index is 11.8. The van der Waals surface area contributed by atoms with Gasteiger partial charge in [0.25, 0.3) is 0 Å². The zero-order chi connectivity index (χ0) is 17.0. The normalized spacial score (nSPS) is 11.1. The van der Waals surface area contributed by atoms with E-state index in [9.17, 15) is 14.9 Å². The van der Waals surface area contributed by atoms with Gasteiger partial charge in [-0.3, -0.25) is 0 Å². The molecule has 0 atom stereocenters. The predicted molar refractivity (Wildman–Crippen MR) is 80.3 cm³/mol.